The number of hydrogen-bond acceptors (Lipinski definition) is 0. The topological polar surface area (TPSA) is 0 Å². The summed E-state index contributed by atoms with van der Waals surface area (Å²) in [6.07, 6.45) is 12.0. The van der Waals surface area contributed by atoms with Crippen molar-refractivity contribution < 1.29 is 0 Å². The average molecular weight is 363 g/mol. The zero-order chi connectivity index (χ0) is 19.4. The van der Waals surface area contributed by atoms with Gasteiger partial charge in [0.05, 0.1) is 0 Å². The van der Waals surface area contributed by atoms with E-state index in [1.54, 1.807) is 0 Å². The van der Waals surface area contributed by atoms with Gasteiger partial charge in [0.25, 0.3) is 0 Å². The van der Waals surface area contributed by atoms with Gasteiger partial charge in [-0.2, -0.15) is 0 Å². The molecule has 0 aromatic carbocycles. The fourth-order valence-corrected chi connectivity index (χ4v) is 6.14. The lowest BCUT2D eigenvalue weighted by Crippen LogP contribution is -2.31. The van der Waals surface area contributed by atoms with E-state index in [-0.39, 0.29) is 0 Å². The molecule has 0 nitrogen and oxygen atoms in total. The molecule has 3 rings (SSSR count). The first-order chi connectivity index (χ1) is 12.2. The summed E-state index contributed by atoms with van der Waals surface area (Å²) in [5.41, 5.74) is 0. The standard InChI is InChI=1S/C16H30.C10H20/c1-11-5-7-15(9-13(11)3)16-8-6-12(2)14(4)10-16;1-7-5-9(3)10(4)6-8(7)2/h11-16H,5-10H2,1-4H3;7-10H,5-6H2,1-4H3. The second kappa shape index (κ2) is 9.97. The maximum atomic E-state index is 2.48. The number of rotatable bonds is 1. The summed E-state index contributed by atoms with van der Waals surface area (Å²) in [6.45, 7) is 19.4. The van der Waals surface area contributed by atoms with Crippen molar-refractivity contribution in [2.24, 2.45) is 59.2 Å². The Kier molecular flexibility index (Phi) is 8.55. The van der Waals surface area contributed by atoms with E-state index in [0.29, 0.717) is 0 Å². The van der Waals surface area contributed by atoms with E-state index in [0.717, 1.165) is 59.2 Å². The van der Waals surface area contributed by atoms with E-state index in [4.69, 9.17) is 0 Å². The SMILES string of the molecule is CC1CC(C)C(C)CC1C.CC1CCC(C2CCC(C)C(C)C2)CC1C. The highest BCUT2D eigenvalue weighted by atomic mass is 14.4. The third-order valence-electron chi connectivity index (χ3n) is 9.37. The molecule has 3 saturated carbocycles. The first-order valence-electron chi connectivity index (χ1n) is 12.2. The summed E-state index contributed by atoms with van der Waals surface area (Å²) in [4.78, 5) is 0. The van der Waals surface area contributed by atoms with Gasteiger partial charge in [0.1, 0.15) is 0 Å². The molecule has 0 heteroatoms. The zero-order valence-electron chi connectivity index (χ0n) is 19.4. The molecule has 3 aliphatic carbocycles. The summed E-state index contributed by atoms with van der Waals surface area (Å²) in [7, 11) is 0. The molecule has 0 aromatic rings. The maximum absolute atomic E-state index is 2.48. The van der Waals surface area contributed by atoms with Gasteiger partial charge in [0.2, 0.25) is 0 Å². The molecule has 0 aliphatic heterocycles. The van der Waals surface area contributed by atoms with Crippen LogP contribution in [0.3, 0.4) is 0 Å². The summed E-state index contributed by atoms with van der Waals surface area (Å²) < 4.78 is 0. The molecule has 0 saturated heterocycles. The fourth-order valence-electron chi connectivity index (χ4n) is 6.14. The minimum absolute atomic E-state index is 0.964. The van der Waals surface area contributed by atoms with Crippen LogP contribution in [0, 0.1) is 59.2 Å². The predicted molar refractivity (Wildman–Crippen MR) is 117 cm³/mol. The van der Waals surface area contributed by atoms with Crippen LogP contribution in [0.15, 0.2) is 0 Å². The summed E-state index contributed by atoms with van der Waals surface area (Å²) >= 11 is 0. The zero-order valence-corrected chi connectivity index (χ0v) is 19.4. The molecule has 0 N–H and O–H groups in total. The van der Waals surface area contributed by atoms with Crippen LogP contribution in [0.4, 0.5) is 0 Å². The van der Waals surface area contributed by atoms with Crippen LogP contribution in [-0.4, -0.2) is 0 Å². The molecule has 0 radical (unpaired) electrons. The third kappa shape index (κ3) is 6.00. The molecular weight excluding hydrogens is 312 g/mol. The van der Waals surface area contributed by atoms with Crippen molar-refractivity contribution in [3.05, 3.63) is 0 Å². The van der Waals surface area contributed by atoms with Gasteiger partial charge in [-0.15, -0.1) is 0 Å². The van der Waals surface area contributed by atoms with E-state index in [1.807, 2.05) is 0 Å². The van der Waals surface area contributed by atoms with Crippen molar-refractivity contribution in [1.29, 1.82) is 0 Å². The maximum Gasteiger partial charge on any atom is -0.0383 e. The van der Waals surface area contributed by atoms with Crippen molar-refractivity contribution in [2.45, 2.75) is 107 Å². The molecule has 0 amide bonds. The van der Waals surface area contributed by atoms with E-state index in [9.17, 15) is 0 Å². The molecule has 3 fully saturated rings. The quantitative estimate of drug-likeness (QED) is 0.439. The lowest BCUT2D eigenvalue weighted by atomic mass is 9.64. The van der Waals surface area contributed by atoms with Crippen molar-refractivity contribution in [3.63, 3.8) is 0 Å². The first kappa shape index (κ1) is 22.3. The van der Waals surface area contributed by atoms with Crippen molar-refractivity contribution in [2.75, 3.05) is 0 Å². The van der Waals surface area contributed by atoms with Crippen molar-refractivity contribution >= 4 is 0 Å². The van der Waals surface area contributed by atoms with Gasteiger partial charge in [-0.3, -0.25) is 0 Å². The van der Waals surface area contributed by atoms with Crippen molar-refractivity contribution in [3.8, 4) is 0 Å². The third-order valence-corrected chi connectivity index (χ3v) is 9.37. The Morgan fingerprint density at radius 1 is 0.308 bits per heavy atom. The average Bonchev–Trinajstić information content (AvgIpc) is 2.59. The fraction of sp³-hybridized carbons (Fsp3) is 1.00. The Morgan fingerprint density at radius 3 is 0.846 bits per heavy atom. The van der Waals surface area contributed by atoms with E-state index in [2.05, 4.69) is 55.4 Å². The molecular formula is C26H50. The molecule has 3 aliphatic rings. The summed E-state index contributed by atoms with van der Waals surface area (Å²) in [6, 6.07) is 0. The van der Waals surface area contributed by atoms with E-state index in [1.165, 1.54) is 51.4 Å². The van der Waals surface area contributed by atoms with Crippen LogP contribution < -0.4 is 0 Å². The van der Waals surface area contributed by atoms with Crippen LogP contribution in [0.25, 0.3) is 0 Å². The Bertz CT molecular complexity index is 349. The summed E-state index contributed by atoms with van der Waals surface area (Å²) in [5.74, 6) is 9.92. The Balaban J connectivity index is 0.000000209. The van der Waals surface area contributed by atoms with Crippen LogP contribution in [0.5, 0.6) is 0 Å². The lowest BCUT2D eigenvalue weighted by molar-refractivity contribution is 0.0956. The van der Waals surface area contributed by atoms with Crippen molar-refractivity contribution in [1.82, 2.24) is 0 Å². The van der Waals surface area contributed by atoms with Crippen LogP contribution in [0.1, 0.15) is 107 Å². The first-order valence-corrected chi connectivity index (χ1v) is 12.2. The molecule has 0 aromatic heterocycles. The highest BCUT2D eigenvalue weighted by Gasteiger charge is 2.34. The van der Waals surface area contributed by atoms with Gasteiger partial charge >= 0.3 is 0 Å². The predicted octanol–water partition coefficient (Wildman–Crippen LogP) is 8.46. The molecule has 10 atom stereocenters. The molecule has 26 heavy (non-hydrogen) atoms. The molecule has 0 bridgehead atoms. The lowest BCUT2D eigenvalue weighted by Gasteiger charge is -2.41. The largest absolute Gasteiger partial charge is 0.0623 e. The van der Waals surface area contributed by atoms with Gasteiger partial charge < -0.3 is 0 Å². The normalized spacial score (nSPS) is 49.8. The number of hydrogen-bond donors (Lipinski definition) is 0. The van der Waals surface area contributed by atoms with Gasteiger partial charge in [0, 0.05) is 0 Å². The van der Waals surface area contributed by atoms with Crippen LogP contribution in [0.2, 0.25) is 0 Å². The molecule has 10 unspecified atom stereocenters. The highest BCUT2D eigenvalue weighted by Crippen LogP contribution is 2.44. The van der Waals surface area contributed by atoms with Gasteiger partial charge in [-0.05, 0) is 97.7 Å². The monoisotopic (exact) mass is 362 g/mol. The van der Waals surface area contributed by atoms with Crippen LogP contribution in [-0.2, 0) is 0 Å². The Labute approximate surface area is 166 Å². The van der Waals surface area contributed by atoms with Gasteiger partial charge in [-0.25, -0.2) is 0 Å². The second-order valence-corrected chi connectivity index (χ2v) is 11.4. The Morgan fingerprint density at radius 2 is 0.577 bits per heavy atom. The summed E-state index contributed by atoms with van der Waals surface area (Å²) in [5, 5.41) is 0. The highest BCUT2D eigenvalue weighted by molar-refractivity contribution is 4.84. The molecule has 154 valence electrons. The van der Waals surface area contributed by atoms with Crippen LogP contribution >= 0.6 is 0 Å². The molecule has 0 spiro atoms. The smallest absolute Gasteiger partial charge is 0.0383 e. The minimum Gasteiger partial charge on any atom is -0.0623 e. The van der Waals surface area contributed by atoms with Gasteiger partial charge in [0.15, 0.2) is 0 Å². The Hall–Kier alpha value is 0. The molecule has 0 heterocycles. The minimum atomic E-state index is 0.964. The second-order valence-electron chi connectivity index (χ2n) is 11.4. The van der Waals surface area contributed by atoms with E-state index >= 15 is 0 Å². The van der Waals surface area contributed by atoms with E-state index < -0.39 is 0 Å². The van der Waals surface area contributed by atoms with Gasteiger partial charge in [-0.1, -0.05) is 68.2 Å².